The fourth-order valence-corrected chi connectivity index (χ4v) is 3.29. The van der Waals surface area contributed by atoms with Crippen molar-refractivity contribution in [1.29, 1.82) is 0 Å². The number of likely N-dealkylation sites (tertiary alicyclic amines) is 1. The Balaban J connectivity index is 1.80. The lowest BCUT2D eigenvalue weighted by atomic mass is 10.0. The molecule has 4 nitrogen and oxygen atoms in total. The van der Waals surface area contributed by atoms with Gasteiger partial charge in [0, 0.05) is 37.3 Å². The van der Waals surface area contributed by atoms with Crippen LogP contribution in [-0.4, -0.2) is 35.6 Å². The molecule has 1 aliphatic rings. The van der Waals surface area contributed by atoms with E-state index in [2.05, 4.69) is 5.32 Å². The Bertz CT molecular complexity index is 765. The Kier molecular flexibility index (Phi) is 5.11. The van der Waals surface area contributed by atoms with E-state index in [1.165, 1.54) is 6.07 Å². The fraction of sp³-hybridized carbons (Fsp3) is 0.316. The van der Waals surface area contributed by atoms with Gasteiger partial charge in [0.15, 0.2) is 0 Å². The van der Waals surface area contributed by atoms with E-state index in [4.69, 9.17) is 0 Å². The lowest BCUT2D eigenvalue weighted by Crippen LogP contribution is -2.25. The van der Waals surface area contributed by atoms with Gasteiger partial charge in [-0.25, -0.2) is 8.78 Å². The average molecular weight is 346 g/mol. The van der Waals surface area contributed by atoms with Gasteiger partial charge in [-0.05, 0) is 42.3 Å². The van der Waals surface area contributed by atoms with E-state index in [0.29, 0.717) is 25.1 Å². The molecule has 25 heavy (non-hydrogen) atoms. The Morgan fingerprint density at radius 1 is 1.24 bits per heavy atom. The van der Waals surface area contributed by atoms with Crippen molar-refractivity contribution in [1.82, 2.24) is 10.2 Å². The first kappa shape index (κ1) is 17.5. The van der Waals surface area contributed by atoms with Crippen LogP contribution in [0.1, 0.15) is 33.9 Å². The van der Waals surface area contributed by atoms with Gasteiger partial charge >= 0.3 is 0 Å². The molecule has 1 saturated heterocycles. The molecule has 0 radical (unpaired) electrons. The van der Waals surface area contributed by atoms with E-state index in [1.807, 2.05) is 17.0 Å². The second kappa shape index (κ2) is 7.29. The molecular formula is C19H20F2N2O2. The molecule has 2 N–H and O–H groups in total. The van der Waals surface area contributed by atoms with E-state index in [1.54, 1.807) is 19.2 Å². The van der Waals surface area contributed by atoms with Gasteiger partial charge < -0.3 is 10.4 Å². The van der Waals surface area contributed by atoms with Gasteiger partial charge in [0.25, 0.3) is 5.91 Å². The lowest BCUT2D eigenvalue weighted by molar-refractivity contribution is 0.0963. The number of nitrogens with zero attached hydrogens (tertiary/aromatic N) is 1. The topological polar surface area (TPSA) is 52.6 Å². The minimum atomic E-state index is -0.585. The summed E-state index contributed by atoms with van der Waals surface area (Å²) in [5.41, 5.74) is 1.75. The van der Waals surface area contributed by atoms with Gasteiger partial charge in [0.2, 0.25) is 0 Å². The van der Waals surface area contributed by atoms with Crippen molar-refractivity contribution >= 4 is 5.91 Å². The lowest BCUT2D eigenvalue weighted by Gasteiger charge is -2.25. The first-order chi connectivity index (χ1) is 12.0. The minimum Gasteiger partial charge on any atom is -0.392 e. The molecule has 3 rings (SSSR count). The molecule has 1 heterocycles. The number of carbonyl (C=O) groups is 1. The molecule has 1 amide bonds. The smallest absolute Gasteiger partial charge is 0.251 e. The SMILES string of the molecule is CNC(=O)c1ccc(CN2C[C@H](O)C[C@@H]2c2cc(F)ccc2F)cc1. The van der Waals surface area contributed by atoms with Crippen LogP contribution in [0.5, 0.6) is 0 Å². The number of hydrogen-bond acceptors (Lipinski definition) is 3. The summed E-state index contributed by atoms with van der Waals surface area (Å²) in [7, 11) is 1.57. The summed E-state index contributed by atoms with van der Waals surface area (Å²) in [6.45, 7) is 0.865. The summed E-state index contributed by atoms with van der Waals surface area (Å²) < 4.78 is 27.6. The Hall–Kier alpha value is -2.31. The van der Waals surface area contributed by atoms with Crippen LogP contribution in [0, 0.1) is 11.6 Å². The van der Waals surface area contributed by atoms with Crippen LogP contribution in [0.25, 0.3) is 0 Å². The number of β-amino-alcohol motifs (C(OH)–C–C–N with tert-alkyl or cyclic N) is 1. The molecule has 0 bridgehead atoms. The van der Waals surface area contributed by atoms with Crippen LogP contribution >= 0.6 is 0 Å². The predicted octanol–water partition coefficient (Wildman–Crippen LogP) is 2.63. The zero-order chi connectivity index (χ0) is 18.0. The molecule has 0 spiro atoms. The van der Waals surface area contributed by atoms with Gasteiger partial charge in [0.05, 0.1) is 6.10 Å². The average Bonchev–Trinajstić information content (AvgIpc) is 2.97. The normalized spacial score (nSPS) is 20.6. The standard InChI is InChI=1S/C19H20F2N2O2/c1-22-19(25)13-4-2-12(3-5-13)10-23-11-15(24)9-18(23)16-8-14(20)6-7-17(16)21/h2-8,15,18,24H,9-11H2,1H3,(H,22,25)/t15-,18-/m1/s1. The number of aliphatic hydroxyl groups excluding tert-OH is 1. The number of halogens is 2. The number of hydrogen-bond donors (Lipinski definition) is 2. The number of carbonyl (C=O) groups excluding carboxylic acids is 1. The molecule has 2 aromatic carbocycles. The maximum absolute atomic E-state index is 14.1. The largest absolute Gasteiger partial charge is 0.392 e. The highest BCUT2D eigenvalue weighted by molar-refractivity contribution is 5.93. The number of aliphatic hydroxyl groups is 1. The highest BCUT2D eigenvalue weighted by atomic mass is 19.1. The second-order valence-corrected chi connectivity index (χ2v) is 6.28. The van der Waals surface area contributed by atoms with Crippen molar-refractivity contribution < 1.29 is 18.7 Å². The van der Waals surface area contributed by atoms with Crippen molar-refractivity contribution in [3.05, 3.63) is 70.8 Å². The third kappa shape index (κ3) is 3.86. The molecule has 0 saturated carbocycles. The van der Waals surface area contributed by atoms with Crippen LogP contribution in [0.15, 0.2) is 42.5 Å². The van der Waals surface area contributed by atoms with Gasteiger partial charge in [-0.2, -0.15) is 0 Å². The van der Waals surface area contributed by atoms with E-state index < -0.39 is 17.7 Å². The first-order valence-electron chi connectivity index (χ1n) is 8.16. The molecule has 1 fully saturated rings. The Morgan fingerprint density at radius 3 is 2.64 bits per heavy atom. The summed E-state index contributed by atoms with van der Waals surface area (Å²) in [6, 6.07) is 10.1. The van der Waals surface area contributed by atoms with Crippen molar-refractivity contribution in [3.63, 3.8) is 0 Å². The van der Waals surface area contributed by atoms with Gasteiger partial charge in [-0.15, -0.1) is 0 Å². The number of benzene rings is 2. The minimum absolute atomic E-state index is 0.164. The molecule has 132 valence electrons. The number of rotatable bonds is 4. The van der Waals surface area contributed by atoms with E-state index in [9.17, 15) is 18.7 Å². The Labute approximate surface area is 145 Å². The van der Waals surface area contributed by atoms with E-state index >= 15 is 0 Å². The third-order valence-electron chi connectivity index (χ3n) is 4.53. The fourth-order valence-electron chi connectivity index (χ4n) is 3.29. The van der Waals surface area contributed by atoms with Crippen molar-refractivity contribution in [2.45, 2.75) is 25.1 Å². The van der Waals surface area contributed by atoms with Crippen molar-refractivity contribution in [2.24, 2.45) is 0 Å². The first-order valence-corrected chi connectivity index (χ1v) is 8.16. The highest BCUT2D eigenvalue weighted by Crippen LogP contribution is 2.35. The summed E-state index contributed by atoms with van der Waals surface area (Å²) in [6.07, 6.45) is -0.228. The van der Waals surface area contributed by atoms with Crippen molar-refractivity contribution in [3.8, 4) is 0 Å². The zero-order valence-electron chi connectivity index (χ0n) is 13.9. The van der Waals surface area contributed by atoms with Crippen LogP contribution < -0.4 is 5.32 Å². The quantitative estimate of drug-likeness (QED) is 0.895. The van der Waals surface area contributed by atoms with Crippen LogP contribution in [0.2, 0.25) is 0 Å². The summed E-state index contributed by atoms with van der Waals surface area (Å²) in [5.74, 6) is -1.13. The maximum Gasteiger partial charge on any atom is 0.251 e. The van der Waals surface area contributed by atoms with Crippen LogP contribution in [-0.2, 0) is 6.54 Å². The summed E-state index contributed by atoms with van der Waals surface area (Å²) in [5, 5.41) is 12.6. The molecule has 0 aromatic heterocycles. The number of amides is 1. The van der Waals surface area contributed by atoms with Gasteiger partial charge in [-0.3, -0.25) is 9.69 Å². The third-order valence-corrected chi connectivity index (χ3v) is 4.53. The van der Waals surface area contributed by atoms with Crippen molar-refractivity contribution in [2.75, 3.05) is 13.6 Å². The zero-order valence-corrected chi connectivity index (χ0v) is 13.9. The predicted molar refractivity (Wildman–Crippen MR) is 90.0 cm³/mol. The van der Waals surface area contributed by atoms with Crippen LogP contribution in [0.4, 0.5) is 8.78 Å². The van der Waals surface area contributed by atoms with E-state index in [0.717, 1.165) is 17.7 Å². The number of nitrogens with one attached hydrogen (secondary N) is 1. The molecular weight excluding hydrogens is 326 g/mol. The summed E-state index contributed by atoms with van der Waals surface area (Å²) in [4.78, 5) is 13.5. The van der Waals surface area contributed by atoms with Gasteiger partial charge in [0.1, 0.15) is 11.6 Å². The maximum atomic E-state index is 14.1. The molecule has 0 unspecified atom stereocenters. The molecule has 6 heteroatoms. The molecule has 2 atom stereocenters. The highest BCUT2D eigenvalue weighted by Gasteiger charge is 2.33. The molecule has 2 aromatic rings. The second-order valence-electron chi connectivity index (χ2n) is 6.28. The van der Waals surface area contributed by atoms with Crippen LogP contribution in [0.3, 0.4) is 0 Å². The molecule has 1 aliphatic heterocycles. The van der Waals surface area contributed by atoms with E-state index in [-0.39, 0.29) is 17.5 Å². The van der Waals surface area contributed by atoms with Gasteiger partial charge in [-0.1, -0.05) is 12.1 Å². The summed E-state index contributed by atoms with van der Waals surface area (Å²) >= 11 is 0. The monoisotopic (exact) mass is 346 g/mol. The molecule has 0 aliphatic carbocycles. The Morgan fingerprint density at radius 2 is 1.96 bits per heavy atom.